The number of rotatable bonds is 3. The molecule has 0 saturated heterocycles. The van der Waals surface area contributed by atoms with Crippen LogP contribution >= 0.6 is 0 Å². The molecule has 1 aliphatic rings. The van der Waals surface area contributed by atoms with Gasteiger partial charge in [0.1, 0.15) is 5.71 Å². The number of hydrogen-bond donors (Lipinski definition) is 0. The highest BCUT2D eigenvalue weighted by Gasteiger charge is 2.20. The van der Waals surface area contributed by atoms with E-state index < -0.39 is 5.97 Å². The summed E-state index contributed by atoms with van der Waals surface area (Å²) in [5.74, 6) is -0.462. The molecule has 0 unspecified atom stereocenters. The number of carbonyl (C=O) groups excluding carboxylic acids is 2. The Hall–Kier alpha value is -3.01. The summed E-state index contributed by atoms with van der Waals surface area (Å²) in [5, 5.41) is 5.77. The minimum atomic E-state index is -0.520. The van der Waals surface area contributed by atoms with Crippen molar-refractivity contribution in [2.24, 2.45) is 11.1 Å². The second-order valence-electron chi connectivity index (χ2n) is 6.33. The summed E-state index contributed by atoms with van der Waals surface area (Å²) in [6.45, 7) is 5.66. The van der Waals surface area contributed by atoms with E-state index in [1.54, 1.807) is 19.1 Å². The predicted octanol–water partition coefficient (Wildman–Crippen LogP) is 4.46. The maximum absolute atomic E-state index is 12.5. The van der Waals surface area contributed by atoms with Crippen LogP contribution in [-0.2, 0) is 9.63 Å². The van der Waals surface area contributed by atoms with Gasteiger partial charge in [-0.25, -0.2) is 4.79 Å². The zero-order valence-corrected chi connectivity index (χ0v) is 14.4. The van der Waals surface area contributed by atoms with Gasteiger partial charge in [-0.3, -0.25) is 4.79 Å². The van der Waals surface area contributed by atoms with Crippen LogP contribution in [0.25, 0.3) is 10.8 Å². The van der Waals surface area contributed by atoms with Gasteiger partial charge in [-0.1, -0.05) is 55.4 Å². The normalized spacial score (nSPS) is 16.2. The van der Waals surface area contributed by atoms with Crippen molar-refractivity contribution in [1.29, 1.82) is 0 Å². The minimum absolute atomic E-state index is 0.0215. The topological polar surface area (TPSA) is 55.7 Å². The summed E-state index contributed by atoms with van der Waals surface area (Å²) in [7, 11) is 0. The Morgan fingerprint density at radius 2 is 1.76 bits per heavy atom. The van der Waals surface area contributed by atoms with E-state index in [1.165, 1.54) is 6.08 Å². The molecule has 0 heterocycles. The van der Waals surface area contributed by atoms with Crippen LogP contribution in [-0.4, -0.2) is 17.5 Å². The van der Waals surface area contributed by atoms with Crippen LogP contribution < -0.4 is 0 Å². The highest BCUT2D eigenvalue weighted by Crippen LogP contribution is 2.21. The van der Waals surface area contributed by atoms with Crippen molar-refractivity contribution in [2.75, 3.05) is 0 Å². The van der Waals surface area contributed by atoms with E-state index in [0.29, 0.717) is 22.4 Å². The first kappa shape index (κ1) is 16.8. The van der Waals surface area contributed by atoms with Gasteiger partial charge in [0.15, 0.2) is 5.78 Å². The first-order chi connectivity index (χ1) is 12.0. The second-order valence-corrected chi connectivity index (χ2v) is 6.33. The molecule has 0 aromatic heterocycles. The molecule has 1 aliphatic carbocycles. The third-order valence-corrected chi connectivity index (χ3v) is 4.19. The fourth-order valence-corrected chi connectivity index (χ4v) is 2.78. The fourth-order valence-electron chi connectivity index (χ4n) is 2.78. The van der Waals surface area contributed by atoms with E-state index in [0.717, 1.165) is 10.8 Å². The van der Waals surface area contributed by atoms with E-state index in [9.17, 15) is 9.59 Å². The number of benzene rings is 2. The molecular weight excluding hydrogens is 314 g/mol. The lowest BCUT2D eigenvalue weighted by Gasteiger charge is -2.14. The lowest BCUT2D eigenvalue weighted by molar-refractivity contribution is -0.111. The van der Waals surface area contributed by atoms with Crippen LogP contribution in [0.4, 0.5) is 0 Å². The summed E-state index contributed by atoms with van der Waals surface area (Å²) in [6.07, 6.45) is 3.22. The van der Waals surface area contributed by atoms with Crippen molar-refractivity contribution in [3.63, 3.8) is 0 Å². The first-order valence-corrected chi connectivity index (χ1v) is 8.19. The summed E-state index contributed by atoms with van der Waals surface area (Å²) < 4.78 is 0. The van der Waals surface area contributed by atoms with E-state index in [4.69, 9.17) is 4.84 Å². The smallest absolute Gasteiger partial charge is 0.312 e. The van der Waals surface area contributed by atoms with Crippen LogP contribution in [0.15, 0.2) is 70.9 Å². The zero-order valence-electron chi connectivity index (χ0n) is 14.4. The molecule has 0 fully saturated rings. The van der Waals surface area contributed by atoms with Crippen molar-refractivity contribution >= 4 is 28.2 Å². The molecule has 0 N–H and O–H groups in total. The Bertz CT molecular complexity index is 943. The van der Waals surface area contributed by atoms with Crippen molar-refractivity contribution in [2.45, 2.75) is 20.8 Å². The van der Waals surface area contributed by atoms with E-state index in [2.05, 4.69) is 5.16 Å². The number of carbonyl (C=O) groups is 2. The van der Waals surface area contributed by atoms with E-state index in [-0.39, 0.29) is 11.7 Å². The maximum atomic E-state index is 12.5. The third-order valence-electron chi connectivity index (χ3n) is 4.19. The fraction of sp³-hybridized carbons (Fsp3) is 0.190. The first-order valence-electron chi connectivity index (χ1n) is 8.19. The molecule has 0 radical (unpaired) electrons. The Labute approximate surface area is 146 Å². The number of ketones is 1. The maximum Gasteiger partial charge on any atom is 0.366 e. The van der Waals surface area contributed by atoms with Gasteiger partial charge in [0.2, 0.25) is 0 Å². The van der Waals surface area contributed by atoms with Crippen LogP contribution in [0.2, 0.25) is 0 Å². The standard InChI is InChI=1S/C21H19NO3/c1-13(2)18-12-19(14(3)11-20(18)23)22-25-21(24)17-10-6-8-15-7-4-5-9-16(15)17/h4-13H,1-3H3/b22-19+. The van der Waals surface area contributed by atoms with Gasteiger partial charge >= 0.3 is 5.97 Å². The van der Waals surface area contributed by atoms with Gasteiger partial charge < -0.3 is 4.84 Å². The van der Waals surface area contributed by atoms with Crippen LogP contribution in [0.1, 0.15) is 31.1 Å². The molecule has 0 bridgehead atoms. The van der Waals surface area contributed by atoms with Crippen molar-refractivity contribution in [3.8, 4) is 0 Å². The van der Waals surface area contributed by atoms with Crippen LogP contribution in [0, 0.1) is 5.92 Å². The minimum Gasteiger partial charge on any atom is -0.312 e. The molecule has 0 spiro atoms. The van der Waals surface area contributed by atoms with Crippen LogP contribution in [0.5, 0.6) is 0 Å². The molecule has 0 aliphatic heterocycles. The Balaban J connectivity index is 1.89. The molecule has 0 atom stereocenters. The number of oxime groups is 1. The van der Waals surface area contributed by atoms with Gasteiger partial charge in [-0.05, 0) is 47.4 Å². The zero-order chi connectivity index (χ0) is 18.0. The number of allylic oxidation sites excluding steroid dienone is 4. The molecule has 2 aromatic rings. The van der Waals surface area contributed by atoms with E-state index in [1.807, 2.05) is 50.2 Å². The molecular formula is C21H19NO3. The average molecular weight is 333 g/mol. The summed E-state index contributed by atoms with van der Waals surface area (Å²) in [4.78, 5) is 29.6. The highest BCUT2D eigenvalue weighted by atomic mass is 16.7. The predicted molar refractivity (Wildman–Crippen MR) is 98.5 cm³/mol. The lowest BCUT2D eigenvalue weighted by atomic mass is 9.90. The molecule has 25 heavy (non-hydrogen) atoms. The van der Waals surface area contributed by atoms with Crippen molar-refractivity contribution in [1.82, 2.24) is 0 Å². The summed E-state index contributed by atoms with van der Waals surface area (Å²) in [5.41, 5.74) is 2.30. The lowest BCUT2D eigenvalue weighted by Crippen LogP contribution is -2.16. The molecule has 4 nitrogen and oxygen atoms in total. The molecule has 3 rings (SSSR count). The van der Waals surface area contributed by atoms with Crippen LogP contribution in [0.3, 0.4) is 0 Å². The van der Waals surface area contributed by atoms with Crippen molar-refractivity contribution < 1.29 is 14.4 Å². The molecule has 4 heteroatoms. The molecule has 126 valence electrons. The highest BCUT2D eigenvalue weighted by molar-refractivity contribution is 6.21. The Morgan fingerprint density at radius 1 is 1.04 bits per heavy atom. The van der Waals surface area contributed by atoms with Gasteiger partial charge in [0, 0.05) is 5.57 Å². The SMILES string of the molecule is CC1=CC(=O)C(C(C)C)=C/C1=N\OC(=O)c1cccc2ccccc12. The molecule has 2 aromatic carbocycles. The third kappa shape index (κ3) is 3.43. The van der Waals surface area contributed by atoms with Gasteiger partial charge in [-0.15, -0.1) is 0 Å². The second kappa shape index (κ2) is 6.85. The number of hydrogen-bond acceptors (Lipinski definition) is 4. The van der Waals surface area contributed by atoms with Gasteiger partial charge in [0.05, 0.1) is 5.56 Å². The molecule has 0 saturated carbocycles. The summed E-state index contributed by atoms with van der Waals surface area (Å²) >= 11 is 0. The monoisotopic (exact) mass is 333 g/mol. The molecule has 0 amide bonds. The van der Waals surface area contributed by atoms with Crippen molar-refractivity contribution in [3.05, 3.63) is 71.3 Å². The Morgan fingerprint density at radius 3 is 2.52 bits per heavy atom. The number of nitrogens with zero attached hydrogens (tertiary/aromatic N) is 1. The quantitative estimate of drug-likeness (QED) is 0.473. The Kier molecular flexibility index (Phi) is 4.61. The number of fused-ring (bicyclic) bond motifs is 1. The van der Waals surface area contributed by atoms with E-state index >= 15 is 0 Å². The van der Waals surface area contributed by atoms with Gasteiger partial charge in [0.25, 0.3) is 0 Å². The largest absolute Gasteiger partial charge is 0.366 e. The average Bonchev–Trinajstić information content (AvgIpc) is 2.60. The summed E-state index contributed by atoms with van der Waals surface area (Å²) in [6, 6.07) is 13.1. The van der Waals surface area contributed by atoms with Gasteiger partial charge in [-0.2, -0.15) is 0 Å².